The lowest BCUT2D eigenvalue weighted by atomic mass is 10.1. The van der Waals surface area contributed by atoms with E-state index in [1.165, 1.54) is 37.6 Å². The first-order chi connectivity index (χ1) is 12.2. The molecule has 1 heterocycles. The summed E-state index contributed by atoms with van der Waals surface area (Å²) in [5.74, 6) is -0.381. The van der Waals surface area contributed by atoms with Crippen molar-refractivity contribution < 1.29 is 13.2 Å². The summed E-state index contributed by atoms with van der Waals surface area (Å²) in [7, 11) is 1.14. The van der Waals surface area contributed by atoms with E-state index in [9.17, 15) is 13.2 Å². The van der Waals surface area contributed by atoms with Crippen LogP contribution in [0, 0.1) is 0 Å². The lowest BCUT2D eigenvalue weighted by Crippen LogP contribution is -2.25. The van der Waals surface area contributed by atoms with E-state index in [0.717, 1.165) is 15.6 Å². The Kier molecular flexibility index (Phi) is 6.38. The molecule has 1 aromatic carbocycles. The van der Waals surface area contributed by atoms with Crippen molar-refractivity contribution in [2.45, 2.75) is 25.2 Å². The van der Waals surface area contributed by atoms with Gasteiger partial charge in [0.15, 0.2) is 5.13 Å². The Balaban J connectivity index is 2.46. The highest BCUT2D eigenvalue weighted by Crippen LogP contribution is 2.26. The van der Waals surface area contributed by atoms with E-state index in [2.05, 4.69) is 10.3 Å². The van der Waals surface area contributed by atoms with Crippen LogP contribution in [0.5, 0.6) is 0 Å². The largest absolute Gasteiger partial charge is 0.374 e. The maximum atomic E-state index is 12.8. The second-order valence-electron chi connectivity index (χ2n) is 5.92. The molecule has 0 saturated heterocycles. The van der Waals surface area contributed by atoms with Gasteiger partial charge in [0, 0.05) is 44.4 Å². The summed E-state index contributed by atoms with van der Waals surface area (Å²) in [6.45, 7) is 4.65. The Morgan fingerprint density at radius 1 is 1.23 bits per heavy atom. The lowest BCUT2D eigenvalue weighted by molar-refractivity contribution is 0.102. The van der Waals surface area contributed by atoms with Crippen molar-refractivity contribution in [3.05, 3.63) is 34.8 Å². The Hall–Kier alpha value is -1.97. The third-order valence-electron chi connectivity index (χ3n) is 4.00. The molecule has 2 aromatic rings. The summed E-state index contributed by atoms with van der Waals surface area (Å²) < 4.78 is 26.0. The van der Waals surface area contributed by atoms with Crippen LogP contribution >= 0.6 is 11.3 Å². The van der Waals surface area contributed by atoms with E-state index < -0.39 is 10.0 Å². The summed E-state index contributed by atoms with van der Waals surface area (Å²) >= 11 is 1.41. The number of thiazole rings is 1. The van der Waals surface area contributed by atoms with Crippen molar-refractivity contribution in [2.75, 3.05) is 37.9 Å². The zero-order valence-corrected chi connectivity index (χ0v) is 17.2. The molecule has 0 atom stereocenters. The van der Waals surface area contributed by atoms with E-state index in [0.29, 0.717) is 22.9 Å². The van der Waals surface area contributed by atoms with Gasteiger partial charge in [0.25, 0.3) is 5.91 Å². The second kappa shape index (κ2) is 8.15. The highest BCUT2D eigenvalue weighted by molar-refractivity contribution is 7.89. The van der Waals surface area contributed by atoms with Crippen LogP contribution in [0.1, 0.15) is 29.1 Å². The monoisotopic (exact) mass is 396 g/mol. The van der Waals surface area contributed by atoms with Crippen LogP contribution < -0.4 is 10.2 Å². The van der Waals surface area contributed by atoms with Crippen LogP contribution in [0.25, 0.3) is 0 Å². The zero-order chi connectivity index (χ0) is 19.5. The average molecular weight is 397 g/mol. The van der Waals surface area contributed by atoms with Gasteiger partial charge in [0.05, 0.1) is 10.5 Å². The molecule has 1 amide bonds. The van der Waals surface area contributed by atoms with Crippen LogP contribution in [0.2, 0.25) is 0 Å². The van der Waals surface area contributed by atoms with Gasteiger partial charge in [-0.05, 0) is 31.5 Å². The quantitative estimate of drug-likeness (QED) is 0.778. The van der Waals surface area contributed by atoms with Crippen molar-refractivity contribution in [2.24, 2.45) is 0 Å². The summed E-state index contributed by atoms with van der Waals surface area (Å²) in [4.78, 5) is 20.0. The molecule has 0 aliphatic rings. The summed E-state index contributed by atoms with van der Waals surface area (Å²) in [5, 5.41) is 3.27. The molecule has 142 valence electrons. The first-order valence-corrected chi connectivity index (χ1v) is 10.5. The SMILES string of the molecule is CCc1cnc(NC(=O)c2cc(S(=O)(=O)N(C)C)ccc2N(C)CC)s1. The molecular formula is C17H24N4O3S2. The van der Waals surface area contributed by atoms with Crippen LogP contribution in [0.4, 0.5) is 10.8 Å². The number of nitrogens with one attached hydrogen (secondary N) is 1. The maximum Gasteiger partial charge on any atom is 0.259 e. The molecule has 0 unspecified atom stereocenters. The van der Waals surface area contributed by atoms with Crippen LogP contribution in [0.3, 0.4) is 0 Å². The number of hydrogen-bond donors (Lipinski definition) is 1. The molecule has 0 bridgehead atoms. The summed E-state index contributed by atoms with van der Waals surface area (Å²) in [6, 6.07) is 4.60. The van der Waals surface area contributed by atoms with Crippen molar-refractivity contribution >= 4 is 38.1 Å². The first kappa shape index (κ1) is 20.3. The predicted molar refractivity (Wildman–Crippen MR) is 106 cm³/mol. The molecular weight excluding hydrogens is 372 g/mol. The minimum atomic E-state index is -3.63. The minimum absolute atomic E-state index is 0.0780. The second-order valence-corrected chi connectivity index (χ2v) is 9.19. The number of aromatic nitrogens is 1. The highest BCUT2D eigenvalue weighted by Gasteiger charge is 2.22. The van der Waals surface area contributed by atoms with Crippen molar-refractivity contribution in [1.82, 2.24) is 9.29 Å². The standard InChI is InChI=1S/C17H24N4O3S2/c1-6-12-11-18-17(25-12)19-16(22)14-10-13(26(23,24)20(3)4)8-9-15(14)21(5)7-2/h8-11H,6-7H2,1-5H3,(H,18,19,22). The number of aryl methyl sites for hydroxylation is 1. The fourth-order valence-electron chi connectivity index (χ4n) is 2.26. The molecule has 0 radical (unpaired) electrons. The zero-order valence-electron chi connectivity index (χ0n) is 15.6. The topological polar surface area (TPSA) is 82.6 Å². The molecule has 2 rings (SSSR count). The Morgan fingerprint density at radius 2 is 1.92 bits per heavy atom. The van der Waals surface area contributed by atoms with Gasteiger partial charge in [-0.15, -0.1) is 11.3 Å². The van der Waals surface area contributed by atoms with Gasteiger partial charge in [-0.1, -0.05) is 6.92 Å². The fraction of sp³-hybridized carbons (Fsp3) is 0.412. The highest BCUT2D eigenvalue weighted by atomic mass is 32.2. The van der Waals surface area contributed by atoms with Gasteiger partial charge < -0.3 is 4.90 Å². The summed E-state index contributed by atoms with van der Waals surface area (Å²) in [5.41, 5.74) is 0.959. The number of nitrogens with zero attached hydrogens (tertiary/aromatic N) is 3. The molecule has 0 aliphatic heterocycles. The van der Waals surface area contributed by atoms with Crippen LogP contribution in [-0.4, -0.2) is 51.3 Å². The van der Waals surface area contributed by atoms with Gasteiger partial charge in [-0.25, -0.2) is 17.7 Å². The Morgan fingerprint density at radius 3 is 2.46 bits per heavy atom. The van der Waals surface area contributed by atoms with E-state index >= 15 is 0 Å². The van der Waals surface area contributed by atoms with Crippen molar-refractivity contribution in [3.63, 3.8) is 0 Å². The minimum Gasteiger partial charge on any atom is -0.374 e. The van der Waals surface area contributed by atoms with Crippen molar-refractivity contribution in [3.8, 4) is 0 Å². The summed E-state index contributed by atoms with van der Waals surface area (Å²) in [6.07, 6.45) is 2.57. The number of carbonyl (C=O) groups is 1. The van der Waals surface area contributed by atoms with Gasteiger partial charge >= 0.3 is 0 Å². The van der Waals surface area contributed by atoms with E-state index in [4.69, 9.17) is 0 Å². The Bertz CT molecular complexity index is 891. The van der Waals surface area contributed by atoms with E-state index in [1.807, 2.05) is 25.8 Å². The van der Waals surface area contributed by atoms with Gasteiger partial charge in [0.1, 0.15) is 0 Å². The van der Waals surface area contributed by atoms with Gasteiger partial charge in [-0.3, -0.25) is 10.1 Å². The maximum absolute atomic E-state index is 12.8. The van der Waals surface area contributed by atoms with Crippen molar-refractivity contribution in [1.29, 1.82) is 0 Å². The molecule has 9 heteroatoms. The number of anilines is 2. The predicted octanol–water partition coefficient (Wildman–Crippen LogP) is 2.66. The first-order valence-electron chi connectivity index (χ1n) is 8.24. The number of carbonyl (C=O) groups excluding carboxylic acids is 1. The molecule has 0 aliphatic carbocycles. The van der Waals surface area contributed by atoms with Crippen LogP contribution in [0.15, 0.2) is 29.3 Å². The smallest absolute Gasteiger partial charge is 0.259 e. The number of rotatable bonds is 7. The fourth-order valence-corrected chi connectivity index (χ4v) is 3.94. The number of hydrogen-bond acceptors (Lipinski definition) is 6. The number of sulfonamides is 1. The molecule has 1 aromatic heterocycles. The Labute approximate surface area is 158 Å². The number of benzene rings is 1. The molecule has 26 heavy (non-hydrogen) atoms. The van der Waals surface area contributed by atoms with Gasteiger partial charge in [-0.2, -0.15) is 0 Å². The molecule has 0 fully saturated rings. The van der Waals surface area contributed by atoms with Gasteiger partial charge in [0.2, 0.25) is 10.0 Å². The van der Waals surface area contributed by atoms with E-state index in [-0.39, 0.29) is 10.8 Å². The lowest BCUT2D eigenvalue weighted by Gasteiger charge is -2.21. The third-order valence-corrected chi connectivity index (χ3v) is 6.87. The third kappa shape index (κ3) is 4.22. The number of amides is 1. The molecule has 0 spiro atoms. The average Bonchev–Trinajstić information content (AvgIpc) is 3.07. The van der Waals surface area contributed by atoms with E-state index in [1.54, 1.807) is 12.3 Å². The molecule has 1 N–H and O–H groups in total. The van der Waals surface area contributed by atoms with Crippen LogP contribution in [-0.2, 0) is 16.4 Å². The molecule has 0 saturated carbocycles. The molecule has 7 nitrogen and oxygen atoms in total. The normalized spacial score (nSPS) is 11.6.